The molecule has 1 aromatic heterocycles. The van der Waals surface area contributed by atoms with Crippen molar-refractivity contribution in [1.29, 1.82) is 0 Å². The van der Waals surface area contributed by atoms with Gasteiger partial charge in [0, 0.05) is 37.7 Å². The third kappa shape index (κ3) is 4.15. The SMILES string of the molecule is FC(F)(F)c1ccc(N2CCN(Cc3cccc(Cl)c3)CC2)nn1. The van der Waals surface area contributed by atoms with Crippen molar-refractivity contribution in [2.24, 2.45) is 0 Å². The van der Waals surface area contributed by atoms with Crippen LogP contribution in [0.15, 0.2) is 36.4 Å². The summed E-state index contributed by atoms with van der Waals surface area (Å²) in [5.74, 6) is 0.477. The lowest BCUT2D eigenvalue weighted by Gasteiger charge is -2.35. The number of hydrogen-bond donors (Lipinski definition) is 0. The molecule has 1 fully saturated rings. The number of hydrogen-bond acceptors (Lipinski definition) is 4. The van der Waals surface area contributed by atoms with Crippen LogP contribution in [-0.4, -0.2) is 41.3 Å². The zero-order valence-electron chi connectivity index (χ0n) is 12.8. The van der Waals surface area contributed by atoms with Crippen LogP contribution in [0.2, 0.25) is 5.02 Å². The van der Waals surface area contributed by atoms with Crippen LogP contribution in [0.25, 0.3) is 0 Å². The quantitative estimate of drug-likeness (QED) is 0.843. The van der Waals surface area contributed by atoms with E-state index in [9.17, 15) is 13.2 Å². The average molecular weight is 357 g/mol. The van der Waals surface area contributed by atoms with Crippen LogP contribution in [0.4, 0.5) is 19.0 Å². The lowest BCUT2D eigenvalue weighted by atomic mass is 10.2. The number of rotatable bonds is 3. The first-order valence-electron chi connectivity index (χ1n) is 7.54. The molecule has 4 nitrogen and oxygen atoms in total. The number of aromatic nitrogens is 2. The summed E-state index contributed by atoms with van der Waals surface area (Å²) < 4.78 is 37.5. The molecular formula is C16H16ClF3N4. The van der Waals surface area contributed by atoms with Crippen LogP contribution in [0, 0.1) is 0 Å². The molecule has 8 heteroatoms. The maximum Gasteiger partial charge on any atom is 0.435 e. The molecule has 1 aliphatic rings. The number of benzene rings is 1. The minimum absolute atomic E-state index is 0.477. The van der Waals surface area contributed by atoms with Gasteiger partial charge in [0.15, 0.2) is 11.5 Å². The van der Waals surface area contributed by atoms with Crippen molar-refractivity contribution < 1.29 is 13.2 Å². The molecule has 1 aliphatic heterocycles. The lowest BCUT2D eigenvalue weighted by molar-refractivity contribution is -0.141. The van der Waals surface area contributed by atoms with Crippen molar-refractivity contribution in [3.63, 3.8) is 0 Å². The molecule has 2 aromatic rings. The molecule has 24 heavy (non-hydrogen) atoms. The highest BCUT2D eigenvalue weighted by molar-refractivity contribution is 6.30. The van der Waals surface area contributed by atoms with Crippen molar-refractivity contribution in [2.45, 2.75) is 12.7 Å². The zero-order chi connectivity index (χ0) is 17.2. The molecule has 3 rings (SSSR count). The van der Waals surface area contributed by atoms with Gasteiger partial charge in [0.1, 0.15) is 0 Å². The van der Waals surface area contributed by atoms with Gasteiger partial charge in [-0.3, -0.25) is 4.90 Å². The Morgan fingerprint density at radius 1 is 1.00 bits per heavy atom. The smallest absolute Gasteiger partial charge is 0.353 e. The normalized spacial score (nSPS) is 16.4. The molecule has 1 aromatic carbocycles. The van der Waals surface area contributed by atoms with Crippen LogP contribution in [-0.2, 0) is 12.7 Å². The van der Waals surface area contributed by atoms with Crippen LogP contribution >= 0.6 is 11.6 Å². The molecule has 0 saturated carbocycles. The van der Waals surface area contributed by atoms with Crippen molar-refractivity contribution in [2.75, 3.05) is 31.1 Å². The van der Waals surface area contributed by atoms with Gasteiger partial charge in [-0.2, -0.15) is 13.2 Å². The molecule has 0 spiro atoms. The van der Waals surface area contributed by atoms with Crippen LogP contribution < -0.4 is 4.90 Å². The van der Waals surface area contributed by atoms with Gasteiger partial charge in [-0.1, -0.05) is 23.7 Å². The van der Waals surface area contributed by atoms with Gasteiger partial charge < -0.3 is 4.90 Å². The van der Waals surface area contributed by atoms with Gasteiger partial charge in [-0.15, -0.1) is 10.2 Å². The maximum absolute atomic E-state index is 12.5. The first-order valence-corrected chi connectivity index (χ1v) is 7.92. The lowest BCUT2D eigenvalue weighted by Crippen LogP contribution is -2.46. The largest absolute Gasteiger partial charge is 0.435 e. The summed E-state index contributed by atoms with van der Waals surface area (Å²) in [6.07, 6.45) is -4.46. The maximum atomic E-state index is 12.5. The van der Waals surface area contributed by atoms with E-state index in [2.05, 4.69) is 15.1 Å². The predicted octanol–water partition coefficient (Wildman–Crippen LogP) is 3.47. The summed E-state index contributed by atoms with van der Waals surface area (Å²) in [6, 6.07) is 10.1. The van der Waals surface area contributed by atoms with Gasteiger partial charge in [0.05, 0.1) is 0 Å². The minimum Gasteiger partial charge on any atom is -0.353 e. The summed E-state index contributed by atoms with van der Waals surface area (Å²) in [4.78, 5) is 4.22. The van der Waals surface area contributed by atoms with Gasteiger partial charge >= 0.3 is 6.18 Å². The summed E-state index contributed by atoms with van der Waals surface area (Å²) >= 11 is 5.99. The fraction of sp³-hybridized carbons (Fsp3) is 0.375. The minimum atomic E-state index is -4.46. The molecule has 0 bridgehead atoms. The van der Waals surface area contributed by atoms with E-state index in [1.807, 2.05) is 29.2 Å². The Morgan fingerprint density at radius 3 is 2.33 bits per heavy atom. The van der Waals surface area contributed by atoms with Crippen LogP contribution in [0.3, 0.4) is 0 Å². The first-order chi connectivity index (χ1) is 11.4. The van der Waals surface area contributed by atoms with E-state index >= 15 is 0 Å². The number of alkyl halides is 3. The van der Waals surface area contributed by atoms with E-state index in [0.29, 0.717) is 23.9 Å². The molecule has 1 saturated heterocycles. The van der Waals surface area contributed by atoms with E-state index in [1.54, 1.807) is 0 Å². The van der Waals surface area contributed by atoms with E-state index in [-0.39, 0.29) is 0 Å². The first kappa shape index (κ1) is 17.0. The molecular weight excluding hydrogens is 341 g/mol. The Kier molecular flexibility index (Phi) is 4.91. The monoisotopic (exact) mass is 356 g/mol. The van der Waals surface area contributed by atoms with Crippen molar-refractivity contribution >= 4 is 17.4 Å². The van der Waals surface area contributed by atoms with Crippen LogP contribution in [0.5, 0.6) is 0 Å². The predicted molar refractivity (Wildman–Crippen MR) is 86.0 cm³/mol. The third-order valence-electron chi connectivity index (χ3n) is 3.93. The molecule has 2 heterocycles. The van der Waals surface area contributed by atoms with E-state index in [0.717, 1.165) is 31.3 Å². The van der Waals surface area contributed by atoms with E-state index in [4.69, 9.17) is 11.6 Å². The Morgan fingerprint density at radius 2 is 1.75 bits per heavy atom. The fourth-order valence-electron chi connectivity index (χ4n) is 2.67. The number of halogens is 4. The highest BCUT2D eigenvalue weighted by atomic mass is 35.5. The van der Waals surface area contributed by atoms with Crippen molar-refractivity contribution in [1.82, 2.24) is 15.1 Å². The highest BCUT2D eigenvalue weighted by Crippen LogP contribution is 2.27. The van der Waals surface area contributed by atoms with Crippen molar-refractivity contribution in [3.8, 4) is 0 Å². The summed E-state index contributed by atoms with van der Waals surface area (Å²) in [5, 5.41) is 7.70. The molecule has 0 N–H and O–H groups in total. The standard InChI is InChI=1S/C16H16ClF3N4/c17-13-3-1-2-12(10-13)11-23-6-8-24(9-7-23)15-5-4-14(21-22-15)16(18,19)20/h1-5,10H,6-9,11H2. The molecule has 128 valence electrons. The Hall–Kier alpha value is -1.86. The van der Waals surface area contributed by atoms with Gasteiger partial charge in [-0.25, -0.2) is 0 Å². The Balaban J connectivity index is 1.57. The molecule has 0 amide bonds. The summed E-state index contributed by atoms with van der Waals surface area (Å²) in [7, 11) is 0. The second kappa shape index (κ2) is 6.94. The second-order valence-electron chi connectivity index (χ2n) is 5.67. The molecule has 0 aliphatic carbocycles. The topological polar surface area (TPSA) is 32.3 Å². The Labute approximate surface area is 142 Å². The summed E-state index contributed by atoms with van der Waals surface area (Å²) in [5.41, 5.74) is 0.177. The fourth-order valence-corrected chi connectivity index (χ4v) is 2.89. The average Bonchev–Trinajstić information content (AvgIpc) is 2.55. The van der Waals surface area contributed by atoms with Gasteiger partial charge in [-0.05, 0) is 29.8 Å². The van der Waals surface area contributed by atoms with Gasteiger partial charge in [0.25, 0.3) is 0 Å². The number of nitrogens with zero attached hydrogens (tertiary/aromatic N) is 4. The second-order valence-corrected chi connectivity index (χ2v) is 6.10. The van der Waals surface area contributed by atoms with Gasteiger partial charge in [0.2, 0.25) is 0 Å². The summed E-state index contributed by atoms with van der Waals surface area (Å²) in [6.45, 7) is 3.79. The molecule has 0 unspecified atom stereocenters. The molecule has 0 atom stereocenters. The third-order valence-corrected chi connectivity index (χ3v) is 4.17. The van der Waals surface area contributed by atoms with E-state index in [1.165, 1.54) is 6.07 Å². The number of anilines is 1. The van der Waals surface area contributed by atoms with E-state index < -0.39 is 11.9 Å². The number of piperazine rings is 1. The Bertz CT molecular complexity index is 682. The zero-order valence-corrected chi connectivity index (χ0v) is 13.6. The van der Waals surface area contributed by atoms with Crippen molar-refractivity contribution in [3.05, 3.63) is 52.7 Å². The molecule has 0 radical (unpaired) electrons. The highest BCUT2D eigenvalue weighted by Gasteiger charge is 2.33. The van der Waals surface area contributed by atoms with Crippen LogP contribution in [0.1, 0.15) is 11.3 Å².